The summed E-state index contributed by atoms with van der Waals surface area (Å²) < 4.78 is 54.1. The van der Waals surface area contributed by atoms with Gasteiger partial charge in [0.05, 0.1) is 24.4 Å². The van der Waals surface area contributed by atoms with Gasteiger partial charge in [-0.3, -0.25) is 0 Å². The fourth-order valence-corrected chi connectivity index (χ4v) is 3.51. The third kappa shape index (κ3) is 5.57. The molecular formula is C17H26F3N5O3. The SMILES string of the molecule is C[C@@H]1CN(c2nc(OCC(F)(F)F)nc(N3C[C@H](C)O[C@@H](C)C3)n2)C[C@@H](C)O1. The van der Waals surface area contributed by atoms with Gasteiger partial charge in [-0.25, -0.2) is 0 Å². The van der Waals surface area contributed by atoms with E-state index in [1.807, 2.05) is 37.5 Å². The van der Waals surface area contributed by atoms with Crippen molar-refractivity contribution in [3.63, 3.8) is 0 Å². The van der Waals surface area contributed by atoms with Gasteiger partial charge in [-0.2, -0.15) is 28.1 Å². The molecule has 1 aromatic rings. The summed E-state index contributed by atoms with van der Waals surface area (Å²) >= 11 is 0. The van der Waals surface area contributed by atoms with E-state index >= 15 is 0 Å². The molecule has 11 heteroatoms. The molecule has 2 saturated heterocycles. The highest BCUT2D eigenvalue weighted by atomic mass is 19.4. The molecule has 0 amide bonds. The Bertz CT molecular complexity index is 614. The topological polar surface area (TPSA) is 72.8 Å². The Hall–Kier alpha value is -1.88. The molecule has 2 aliphatic rings. The van der Waals surface area contributed by atoms with Crippen LogP contribution in [0.4, 0.5) is 25.1 Å². The second kappa shape index (κ2) is 8.24. The number of hydrogen-bond acceptors (Lipinski definition) is 8. The Balaban J connectivity index is 1.89. The number of alkyl halides is 3. The Morgan fingerprint density at radius 3 is 1.57 bits per heavy atom. The van der Waals surface area contributed by atoms with Gasteiger partial charge < -0.3 is 24.0 Å². The molecule has 8 nitrogen and oxygen atoms in total. The number of anilines is 2. The van der Waals surface area contributed by atoms with Gasteiger partial charge in [-0.15, -0.1) is 0 Å². The van der Waals surface area contributed by atoms with Crippen LogP contribution < -0.4 is 14.5 Å². The maximum Gasteiger partial charge on any atom is 0.422 e. The van der Waals surface area contributed by atoms with Gasteiger partial charge in [0.15, 0.2) is 6.61 Å². The second-order valence-electron chi connectivity index (χ2n) is 7.45. The van der Waals surface area contributed by atoms with Crippen molar-refractivity contribution in [2.24, 2.45) is 0 Å². The largest absolute Gasteiger partial charge is 0.454 e. The number of rotatable bonds is 4. The molecule has 2 fully saturated rings. The first-order valence-corrected chi connectivity index (χ1v) is 9.35. The molecule has 3 rings (SSSR count). The van der Waals surface area contributed by atoms with Gasteiger partial charge in [0, 0.05) is 26.2 Å². The lowest BCUT2D eigenvalue weighted by atomic mass is 10.2. The molecule has 0 aliphatic carbocycles. The maximum atomic E-state index is 12.6. The summed E-state index contributed by atoms with van der Waals surface area (Å²) in [6, 6.07) is -0.337. The van der Waals surface area contributed by atoms with Crippen LogP contribution in [0, 0.1) is 0 Å². The van der Waals surface area contributed by atoms with E-state index in [-0.39, 0.29) is 42.3 Å². The lowest BCUT2D eigenvalue weighted by molar-refractivity contribution is -0.154. The molecular weight excluding hydrogens is 379 g/mol. The summed E-state index contributed by atoms with van der Waals surface area (Å²) in [5, 5.41) is 0. The van der Waals surface area contributed by atoms with Crippen molar-refractivity contribution < 1.29 is 27.4 Å². The van der Waals surface area contributed by atoms with Gasteiger partial charge in [0.2, 0.25) is 11.9 Å². The van der Waals surface area contributed by atoms with Crippen molar-refractivity contribution in [2.45, 2.75) is 58.3 Å². The number of halogens is 3. The zero-order chi connectivity index (χ0) is 20.5. The molecule has 0 radical (unpaired) electrons. The quantitative estimate of drug-likeness (QED) is 0.754. The zero-order valence-corrected chi connectivity index (χ0v) is 16.4. The van der Waals surface area contributed by atoms with Crippen LogP contribution >= 0.6 is 0 Å². The predicted octanol–water partition coefficient (Wildman–Crippen LogP) is 2.04. The van der Waals surface area contributed by atoms with Gasteiger partial charge in [0.25, 0.3) is 0 Å². The summed E-state index contributed by atoms with van der Waals surface area (Å²) in [5.74, 6) is 0.576. The van der Waals surface area contributed by atoms with Gasteiger partial charge in [0.1, 0.15) is 0 Å². The Morgan fingerprint density at radius 1 is 0.821 bits per heavy atom. The fourth-order valence-electron chi connectivity index (χ4n) is 3.51. The van der Waals surface area contributed by atoms with Crippen molar-refractivity contribution >= 4 is 11.9 Å². The first kappa shape index (κ1) is 20.8. The molecule has 3 heterocycles. The minimum Gasteiger partial charge on any atom is -0.454 e. The number of morpholine rings is 2. The molecule has 0 aromatic carbocycles. The molecule has 0 saturated carbocycles. The van der Waals surface area contributed by atoms with Crippen LogP contribution in [0.3, 0.4) is 0 Å². The van der Waals surface area contributed by atoms with E-state index in [0.29, 0.717) is 26.2 Å². The summed E-state index contributed by atoms with van der Waals surface area (Å²) in [5.41, 5.74) is 0. The highest BCUT2D eigenvalue weighted by molar-refractivity contribution is 5.41. The van der Waals surface area contributed by atoms with Crippen LogP contribution in [0.15, 0.2) is 0 Å². The smallest absolute Gasteiger partial charge is 0.422 e. The molecule has 28 heavy (non-hydrogen) atoms. The monoisotopic (exact) mass is 405 g/mol. The number of aromatic nitrogens is 3. The Kier molecular flexibility index (Phi) is 6.13. The van der Waals surface area contributed by atoms with Crippen LogP contribution in [0.1, 0.15) is 27.7 Å². The van der Waals surface area contributed by atoms with Crippen molar-refractivity contribution in [2.75, 3.05) is 42.6 Å². The maximum absolute atomic E-state index is 12.6. The third-order valence-electron chi connectivity index (χ3n) is 4.36. The molecule has 2 aliphatic heterocycles. The molecule has 0 bridgehead atoms. The van der Waals surface area contributed by atoms with E-state index in [2.05, 4.69) is 15.0 Å². The second-order valence-corrected chi connectivity index (χ2v) is 7.45. The van der Waals surface area contributed by atoms with Crippen LogP contribution in [0.25, 0.3) is 0 Å². The van der Waals surface area contributed by atoms with E-state index in [9.17, 15) is 13.2 Å². The average Bonchev–Trinajstić information content (AvgIpc) is 2.57. The van der Waals surface area contributed by atoms with Crippen molar-refractivity contribution in [3.05, 3.63) is 0 Å². The summed E-state index contributed by atoms with van der Waals surface area (Å²) in [6.07, 6.45) is -4.67. The number of nitrogens with zero attached hydrogens (tertiary/aromatic N) is 5. The minimum atomic E-state index is -4.48. The predicted molar refractivity (Wildman–Crippen MR) is 95.8 cm³/mol. The van der Waals surface area contributed by atoms with Gasteiger partial charge in [-0.1, -0.05) is 0 Å². The van der Waals surface area contributed by atoms with Crippen molar-refractivity contribution in [1.29, 1.82) is 0 Å². The standard InChI is InChI=1S/C17H26F3N5O3/c1-10-5-24(6-11(2)27-10)14-21-15(25-7-12(3)28-13(4)8-25)23-16(22-14)26-9-17(18,19)20/h10-13H,5-9H2,1-4H3/t10-,11-,12+,13+. The van der Waals surface area contributed by atoms with E-state index in [0.717, 1.165) is 0 Å². The van der Waals surface area contributed by atoms with Crippen molar-refractivity contribution in [1.82, 2.24) is 15.0 Å². The normalized spacial score (nSPS) is 29.1. The third-order valence-corrected chi connectivity index (χ3v) is 4.36. The van der Waals surface area contributed by atoms with Crippen LogP contribution in [0.5, 0.6) is 6.01 Å². The summed E-state index contributed by atoms with van der Waals surface area (Å²) in [4.78, 5) is 16.6. The first-order chi connectivity index (χ1) is 13.1. The lowest BCUT2D eigenvalue weighted by Crippen LogP contribution is -2.48. The average molecular weight is 405 g/mol. The van der Waals surface area contributed by atoms with E-state index in [4.69, 9.17) is 14.2 Å². The van der Waals surface area contributed by atoms with Gasteiger partial charge in [-0.05, 0) is 27.7 Å². The highest BCUT2D eigenvalue weighted by Crippen LogP contribution is 2.25. The summed E-state index contributed by atoms with van der Waals surface area (Å²) in [7, 11) is 0. The zero-order valence-electron chi connectivity index (χ0n) is 16.4. The van der Waals surface area contributed by atoms with E-state index in [1.165, 1.54) is 0 Å². The molecule has 158 valence electrons. The Labute approximate surface area is 162 Å². The first-order valence-electron chi connectivity index (χ1n) is 9.35. The summed E-state index contributed by atoms with van der Waals surface area (Å²) in [6.45, 7) is 8.38. The number of ether oxygens (including phenoxy) is 3. The highest BCUT2D eigenvalue weighted by Gasteiger charge is 2.31. The van der Waals surface area contributed by atoms with E-state index in [1.54, 1.807) is 0 Å². The Morgan fingerprint density at radius 2 is 1.21 bits per heavy atom. The van der Waals surface area contributed by atoms with E-state index < -0.39 is 12.8 Å². The molecule has 1 aromatic heterocycles. The van der Waals surface area contributed by atoms with Crippen LogP contribution in [-0.2, 0) is 9.47 Å². The van der Waals surface area contributed by atoms with Gasteiger partial charge >= 0.3 is 12.2 Å². The van der Waals surface area contributed by atoms with Crippen LogP contribution in [-0.4, -0.2) is 78.3 Å². The molecule has 4 atom stereocenters. The molecule has 0 unspecified atom stereocenters. The lowest BCUT2D eigenvalue weighted by Gasteiger charge is -2.37. The van der Waals surface area contributed by atoms with Crippen LogP contribution in [0.2, 0.25) is 0 Å². The van der Waals surface area contributed by atoms with Crippen molar-refractivity contribution in [3.8, 4) is 6.01 Å². The minimum absolute atomic E-state index is 0.0491. The molecule has 0 spiro atoms. The fraction of sp³-hybridized carbons (Fsp3) is 0.824. The molecule has 0 N–H and O–H groups in total. The number of hydrogen-bond donors (Lipinski definition) is 0.